The van der Waals surface area contributed by atoms with Gasteiger partial charge in [-0.1, -0.05) is 0 Å². The highest BCUT2D eigenvalue weighted by Gasteiger charge is 2.23. The summed E-state index contributed by atoms with van der Waals surface area (Å²) in [7, 11) is -3.90. The number of sulfonamides is 1. The van der Waals surface area contributed by atoms with E-state index in [9.17, 15) is 22.4 Å². The first-order valence-electron chi connectivity index (χ1n) is 8.72. The third-order valence-corrected chi connectivity index (χ3v) is 5.81. The minimum atomic E-state index is -3.90. The predicted molar refractivity (Wildman–Crippen MR) is 103 cm³/mol. The zero-order chi connectivity index (χ0) is 20.3. The van der Waals surface area contributed by atoms with E-state index in [2.05, 4.69) is 10.0 Å². The molecular weight excluding hydrogens is 385 g/mol. The Morgan fingerprint density at radius 2 is 1.86 bits per heavy atom. The van der Waals surface area contributed by atoms with Crippen LogP contribution in [-0.4, -0.2) is 33.3 Å². The normalized spacial score (nSPS) is 13.7. The van der Waals surface area contributed by atoms with Gasteiger partial charge in [0.05, 0.1) is 11.4 Å². The second-order valence-corrected chi connectivity index (χ2v) is 8.21. The summed E-state index contributed by atoms with van der Waals surface area (Å²) in [6.07, 6.45) is 1.43. The van der Waals surface area contributed by atoms with Gasteiger partial charge in [0.2, 0.25) is 21.8 Å². The van der Waals surface area contributed by atoms with Crippen molar-refractivity contribution in [1.29, 1.82) is 0 Å². The van der Waals surface area contributed by atoms with E-state index in [0.29, 0.717) is 24.3 Å². The van der Waals surface area contributed by atoms with Gasteiger partial charge < -0.3 is 10.2 Å². The number of fused-ring (bicyclic) bond motifs is 1. The van der Waals surface area contributed by atoms with Crippen molar-refractivity contribution >= 4 is 33.2 Å². The Morgan fingerprint density at radius 1 is 1.14 bits per heavy atom. The summed E-state index contributed by atoms with van der Waals surface area (Å²) in [6.45, 7) is 1.62. The molecule has 1 aliphatic rings. The molecule has 0 radical (unpaired) electrons. The van der Waals surface area contributed by atoms with Crippen molar-refractivity contribution in [2.45, 2.75) is 24.7 Å². The fraction of sp³-hybridized carbons (Fsp3) is 0.263. The lowest BCUT2D eigenvalue weighted by atomic mass is 10.0. The van der Waals surface area contributed by atoms with Crippen LogP contribution in [0.25, 0.3) is 0 Å². The Labute approximate surface area is 162 Å². The average Bonchev–Trinajstić information content (AvgIpc) is 2.67. The van der Waals surface area contributed by atoms with Crippen LogP contribution in [0.5, 0.6) is 0 Å². The lowest BCUT2D eigenvalue weighted by Crippen LogP contribution is -2.34. The van der Waals surface area contributed by atoms with Crippen LogP contribution in [0.3, 0.4) is 0 Å². The molecule has 1 heterocycles. The topological polar surface area (TPSA) is 95.6 Å². The molecule has 2 amide bonds. The van der Waals surface area contributed by atoms with Gasteiger partial charge in [-0.2, -0.15) is 0 Å². The molecule has 0 unspecified atom stereocenters. The van der Waals surface area contributed by atoms with Gasteiger partial charge in [-0.3, -0.25) is 9.59 Å². The van der Waals surface area contributed by atoms with Crippen LogP contribution in [-0.2, 0) is 26.0 Å². The number of amides is 2. The molecule has 1 aliphatic heterocycles. The number of aryl methyl sites for hydroxylation is 1. The van der Waals surface area contributed by atoms with Crippen molar-refractivity contribution in [2.24, 2.45) is 0 Å². The fourth-order valence-electron chi connectivity index (χ4n) is 3.05. The lowest BCUT2D eigenvalue weighted by Gasteiger charge is -2.28. The van der Waals surface area contributed by atoms with Gasteiger partial charge in [0, 0.05) is 24.8 Å². The first-order chi connectivity index (χ1) is 13.3. The number of rotatable bonds is 5. The van der Waals surface area contributed by atoms with Crippen LogP contribution < -0.4 is 14.9 Å². The maximum absolute atomic E-state index is 12.9. The molecule has 148 valence electrons. The number of nitrogens with zero attached hydrogens (tertiary/aromatic N) is 1. The summed E-state index contributed by atoms with van der Waals surface area (Å²) < 4.78 is 40.2. The molecule has 0 bridgehead atoms. The number of hydrogen-bond acceptors (Lipinski definition) is 4. The van der Waals surface area contributed by atoms with Gasteiger partial charge in [0.25, 0.3) is 0 Å². The van der Waals surface area contributed by atoms with E-state index in [0.717, 1.165) is 12.0 Å². The van der Waals surface area contributed by atoms with Gasteiger partial charge in [-0.25, -0.2) is 17.5 Å². The monoisotopic (exact) mass is 405 g/mol. The number of carbonyl (C=O) groups is 2. The van der Waals surface area contributed by atoms with Crippen molar-refractivity contribution in [3.63, 3.8) is 0 Å². The van der Waals surface area contributed by atoms with E-state index in [4.69, 9.17) is 0 Å². The second kappa shape index (κ2) is 8.07. The highest BCUT2D eigenvalue weighted by atomic mass is 32.2. The molecule has 0 spiro atoms. The zero-order valence-corrected chi connectivity index (χ0v) is 16.1. The van der Waals surface area contributed by atoms with Crippen molar-refractivity contribution in [3.05, 3.63) is 53.8 Å². The van der Waals surface area contributed by atoms with Crippen LogP contribution in [0.2, 0.25) is 0 Å². The first kappa shape index (κ1) is 20.0. The van der Waals surface area contributed by atoms with Gasteiger partial charge in [-0.05, 0) is 60.9 Å². The molecule has 2 N–H and O–H groups in total. The Morgan fingerprint density at radius 3 is 2.54 bits per heavy atom. The molecule has 7 nitrogen and oxygen atoms in total. The van der Waals surface area contributed by atoms with E-state index in [1.54, 1.807) is 11.0 Å². The number of halogens is 1. The Hall–Kier alpha value is -2.78. The minimum Gasteiger partial charge on any atom is -0.325 e. The molecule has 0 atom stereocenters. The first-order valence-corrected chi connectivity index (χ1v) is 10.2. The summed E-state index contributed by atoms with van der Waals surface area (Å²) in [5.74, 6) is -1.10. The molecule has 3 rings (SSSR count). The molecule has 0 aromatic heterocycles. The van der Waals surface area contributed by atoms with E-state index < -0.39 is 28.3 Å². The van der Waals surface area contributed by atoms with E-state index in [1.165, 1.54) is 43.3 Å². The number of anilines is 2. The van der Waals surface area contributed by atoms with Crippen LogP contribution in [0, 0.1) is 5.82 Å². The highest BCUT2D eigenvalue weighted by molar-refractivity contribution is 7.89. The van der Waals surface area contributed by atoms with Gasteiger partial charge in [0.1, 0.15) is 5.82 Å². The standard InChI is InChI=1S/C19H20FN3O4S/c1-13(24)23-10-2-3-14-11-17(8-9-18(14)23)28(26,27)21-12-19(25)22-16-6-4-15(20)5-7-16/h4-9,11,21H,2-3,10,12H2,1H3,(H,22,25). The molecule has 2 aromatic carbocycles. The molecule has 0 saturated heterocycles. The smallest absolute Gasteiger partial charge is 0.241 e. The third kappa shape index (κ3) is 4.55. The molecule has 0 aliphatic carbocycles. The van der Waals surface area contributed by atoms with Crippen molar-refractivity contribution in [1.82, 2.24) is 4.72 Å². The zero-order valence-electron chi connectivity index (χ0n) is 15.2. The SMILES string of the molecule is CC(=O)N1CCCc2cc(S(=O)(=O)NCC(=O)Nc3ccc(F)cc3)ccc21. The Balaban J connectivity index is 1.68. The quantitative estimate of drug-likeness (QED) is 0.796. The van der Waals surface area contributed by atoms with Crippen molar-refractivity contribution in [3.8, 4) is 0 Å². The molecule has 9 heteroatoms. The van der Waals surface area contributed by atoms with Gasteiger partial charge in [-0.15, -0.1) is 0 Å². The van der Waals surface area contributed by atoms with Crippen molar-refractivity contribution in [2.75, 3.05) is 23.3 Å². The highest BCUT2D eigenvalue weighted by Crippen LogP contribution is 2.29. The number of carbonyl (C=O) groups excluding carboxylic acids is 2. The summed E-state index contributed by atoms with van der Waals surface area (Å²) in [5.41, 5.74) is 1.86. The van der Waals surface area contributed by atoms with Crippen LogP contribution in [0.15, 0.2) is 47.4 Å². The molecular formula is C19H20FN3O4S. The predicted octanol–water partition coefficient (Wildman–Crippen LogP) is 2.04. The number of hydrogen-bond donors (Lipinski definition) is 2. The summed E-state index contributed by atoms with van der Waals surface area (Å²) in [6, 6.07) is 9.71. The summed E-state index contributed by atoms with van der Waals surface area (Å²) in [4.78, 5) is 25.3. The van der Waals surface area contributed by atoms with E-state index in [1.807, 2.05) is 0 Å². The third-order valence-electron chi connectivity index (χ3n) is 4.41. The van der Waals surface area contributed by atoms with Gasteiger partial charge >= 0.3 is 0 Å². The molecule has 2 aromatic rings. The molecule has 28 heavy (non-hydrogen) atoms. The largest absolute Gasteiger partial charge is 0.325 e. The van der Waals surface area contributed by atoms with E-state index >= 15 is 0 Å². The average molecular weight is 405 g/mol. The summed E-state index contributed by atoms with van der Waals surface area (Å²) >= 11 is 0. The van der Waals surface area contributed by atoms with Crippen molar-refractivity contribution < 1.29 is 22.4 Å². The number of benzene rings is 2. The fourth-order valence-corrected chi connectivity index (χ4v) is 4.08. The second-order valence-electron chi connectivity index (χ2n) is 6.44. The Bertz CT molecular complexity index is 1010. The van der Waals surface area contributed by atoms with Crippen LogP contribution >= 0.6 is 0 Å². The Kier molecular flexibility index (Phi) is 5.76. The molecule has 0 saturated carbocycles. The van der Waals surface area contributed by atoms with Crippen LogP contribution in [0.1, 0.15) is 18.9 Å². The lowest BCUT2D eigenvalue weighted by molar-refractivity contribution is -0.117. The summed E-state index contributed by atoms with van der Waals surface area (Å²) in [5, 5.41) is 2.48. The number of nitrogens with one attached hydrogen (secondary N) is 2. The van der Waals surface area contributed by atoms with Gasteiger partial charge in [0.15, 0.2) is 0 Å². The minimum absolute atomic E-state index is 0.0336. The molecule has 0 fully saturated rings. The van der Waals surface area contributed by atoms with E-state index in [-0.39, 0.29) is 10.8 Å². The maximum Gasteiger partial charge on any atom is 0.241 e. The maximum atomic E-state index is 12.9. The van der Waals surface area contributed by atoms with Crippen LogP contribution in [0.4, 0.5) is 15.8 Å².